The Hall–Kier alpha value is -3.14. The van der Waals surface area contributed by atoms with Crippen molar-refractivity contribution in [2.75, 3.05) is 17.7 Å². The van der Waals surface area contributed by atoms with Crippen LogP contribution in [0.3, 0.4) is 0 Å². The number of ether oxygens (including phenoxy) is 1. The number of rotatable bonds is 5. The average molecular weight is 455 g/mol. The van der Waals surface area contributed by atoms with Crippen molar-refractivity contribution in [2.24, 2.45) is 0 Å². The molecule has 8 nitrogen and oxygen atoms in total. The summed E-state index contributed by atoms with van der Waals surface area (Å²) in [6, 6.07) is 6.45. The molecular weight excluding hydrogens is 436 g/mol. The summed E-state index contributed by atoms with van der Waals surface area (Å²) in [7, 11) is 1.61. The van der Waals surface area contributed by atoms with E-state index in [9.17, 15) is 4.79 Å². The Morgan fingerprint density at radius 2 is 1.97 bits per heavy atom. The average Bonchev–Trinajstić information content (AvgIpc) is 3.14. The lowest BCUT2D eigenvalue weighted by atomic mass is 10.1. The van der Waals surface area contributed by atoms with E-state index in [1.165, 1.54) is 11.3 Å². The maximum atomic E-state index is 12.7. The van der Waals surface area contributed by atoms with E-state index in [0.29, 0.717) is 27.8 Å². The van der Waals surface area contributed by atoms with Gasteiger partial charge in [0.15, 0.2) is 5.82 Å². The zero-order chi connectivity index (χ0) is 22.0. The molecule has 0 saturated carbocycles. The molecule has 0 unspecified atom stereocenters. The zero-order valence-electron chi connectivity index (χ0n) is 17.0. The molecule has 10 heteroatoms. The summed E-state index contributed by atoms with van der Waals surface area (Å²) in [4.78, 5) is 30.9. The van der Waals surface area contributed by atoms with E-state index in [2.05, 4.69) is 30.6 Å². The molecule has 31 heavy (non-hydrogen) atoms. The Balaban J connectivity index is 1.56. The van der Waals surface area contributed by atoms with Crippen molar-refractivity contribution in [3.8, 4) is 11.4 Å². The first kappa shape index (κ1) is 21.1. The third kappa shape index (κ3) is 4.48. The van der Waals surface area contributed by atoms with Crippen LogP contribution in [0.15, 0.2) is 42.9 Å². The van der Waals surface area contributed by atoms with Gasteiger partial charge in [-0.05, 0) is 38.1 Å². The Morgan fingerprint density at radius 3 is 2.68 bits per heavy atom. The fraction of sp³-hybridized carbons (Fsp3) is 0.190. The van der Waals surface area contributed by atoms with Crippen molar-refractivity contribution in [3.05, 3.63) is 58.4 Å². The second-order valence-corrected chi connectivity index (χ2v) is 8.29. The molecule has 0 bridgehead atoms. The molecule has 0 radical (unpaired) electrons. The number of carbonyl (C=O) groups excluding carboxylic acids is 1. The number of anilines is 2. The van der Waals surface area contributed by atoms with Crippen LogP contribution in [-0.4, -0.2) is 33.1 Å². The summed E-state index contributed by atoms with van der Waals surface area (Å²) in [6.07, 6.45) is 4.63. The summed E-state index contributed by atoms with van der Waals surface area (Å²) in [5.41, 5.74) is 3.25. The van der Waals surface area contributed by atoms with Crippen LogP contribution in [0, 0.1) is 6.92 Å². The third-order valence-electron chi connectivity index (χ3n) is 4.61. The van der Waals surface area contributed by atoms with Crippen LogP contribution < -0.4 is 10.6 Å². The van der Waals surface area contributed by atoms with Crippen molar-refractivity contribution >= 4 is 50.7 Å². The monoisotopic (exact) mass is 454 g/mol. The minimum absolute atomic E-state index is 0.276. The van der Waals surface area contributed by atoms with Gasteiger partial charge in [-0.25, -0.2) is 24.7 Å². The van der Waals surface area contributed by atoms with Gasteiger partial charge in [0.1, 0.15) is 10.3 Å². The number of aromatic nitrogens is 4. The fourth-order valence-corrected chi connectivity index (χ4v) is 4.17. The number of hydrogen-bond donors (Lipinski definition) is 2. The highest BCUT2D eigenvalue weighted by Gasteiger charge is 2.20. The third-order valence-corrected chi connectivity index (χ3v) is 5.81. The number of thiazole rings is 1. The van der Waals surface area contributed by atoms with Crippen LogP contribution in [0.4, 0.5) is 16.2 Å². The number of aryl methyl sites for hydroxylation is 1. The second kappa shape index (κ2) is 8.93. The number of urea groups is 1. The van der Waals surface area contributed by atoms with Gasteiger partial charge in [-0.2, -0.15) is 0 Å². The van der Waals surface area contributed by atoms with E-state index in [1.807, 2.05) is 13.8 Å². The molecule has 0 aliphatic carbocycles. The maximum absolute atomic E-state index is 12.7. The smallest absolute Gasteiger partial charge is 0.323 e. The van der Waals surface area contributed by atoms with Gasteiger partial charge in [0.05, 0.1) is 28.0 Å². The number of nitrogens with zero attached hydrogens (tertiary/aromatic N) is 4. The molecule has 4 rings (SSSR count). The lowest BCUT2D eigenvalue weighted by Gasteiger charge is -2.16. The first-order valence-corrected chi connectivity index (χ1v) is 10.6. The fourth-order valence-electron chi connectivity index (χ4n) is 3.13. The topological polar surface area (TPSA) is 102 Å². The molecule has 0 aliphatic rings. The maximum Gasteiger partial charge on any atom is 0.323 e. The van der Waals surface area contributed by atoms with Crippen molar-refractivity contribution in [1.82, 2.24) is 19.9 Å². The molecule has 0 saturated heterocycles. The van der Waals surface area contributed by atoms with Crippen molar-refractivity contribution in [1.29, 1.82) is 0 Å². The minimum atomic E-state index is -0.433. The van der Waals surface area contributed by atoms with E-state index in [4.69, 9.17) is 16.3 Å². The summed E-state index contributed by atoms with van der Waals surface area (Å²) in [6.45, 7) is 3.82. The van der Waals surface area contributed by atoms with Gasteiger partial charge < -0.3 is 15.4 Å². The number of methoxy groups -OCH3 is 1. The number of pyridine rings is 1. The van der Waals surface area contributed by atoms with Crippen molar-refractivity contribution in [3.63, 3.8) is 0 Å². The van der Waals surface area contributed by atoms with Crippen molar-refractivity contribution < 1.29 is 9.53 Å². The van der Waals surface area contributed by atoms with E-state index < -0.39 is 6.03 Å². The van der Waals surface area contributed by atoms with Crippen molar-refractivity contribution in [2.45, 2.75) is 20.0 Å². The molecule has 1 atom stereocenters. The first-order valence-electron chi connectivity index (χ1n) is 9.40. The van der Waals surface area contributed by atoms with Gasteiger partial charge >= 0.3 is 6.03 Å². The number of nitrogens with one attached hydrogen (secondary N) is 2. The lowest BCUT2D eigenvalue weighted by molar-refractivity contribution is 0.121. The van der Waals surface area contributed by atoms with E-state index in [1.54, 1.807) is 50.0 Å². The summed E-state index contributed by atoms with van der Waals surface area (Å²) in [5.74, 6) is 0.514. The Morgan fingerprint density at radius 1 is 1.19 bits per heavy atom. The van der Waals surface area contributed by atoms with E-state index in [0.717, 1.165) is 20.9 Å². The number of amides is 2. The molecule has 158 valence electrons. The van der Waals surface area contributed by atoms with Crippen LogP contribution in [0.2, 0.25) is 5.02 Å². The standard InChI is InChI=1S/C21H19ClN6O2S/c1-11(30-3)17-16(10-25-20-18(17)26-12(2)31-20)28-21(29)27-13-5-6-14(15(22)9-13)19-23-7-4-8-24-19/h4-11H,1-3H3,(H2,27,28,29)/t11-/m1/s1. The van der Waals surface area contributed by atoms with Gasteiger partial charge in [-0.1, -0.05) is 22.9 Å². The highest BCUT2D eigenvalue weighted by molar-refractivity contribution is 7.18. The molecule has 2 N–H and O–H groups in total. The Kier molecular flexibility index (Phi) is 6.08. The molecule has 0 fully saturated rings. The Labute approximate surface area is 187 Å². The normalized spacial score (nSPS) is 12.0. The molecular formula is C21H19ClN6O2S. The van der Waals surface area contributed by atoms with E-state index in [-0.39, 0.29) is 6.10 Å². The molecule has 4 aromatic rings. The molecule has 3 heterocycles. The van der Waals surface area contributed by atoms with Crippen LogP contribution in [0.1, 0.15) is 23.6 Å². The van der Waals surface area contributed by atoms with Gasteiger partial charge in [0, 0.05) is 36.3 Å². The predicted octanol–water partition coefficient (Wildman–Crippen LogP) is 5.46. The molecule has 0 spiro atoms. The molecule has 2 amide bonds. The molecule has 0 aliphatic heterocycles. The van der Waals surface area contributed by atoms with E-state index >= 15 is 0 Å². The van der Waals surface area contributed by atoms with Gasteiger partial charge in [0.2, 0.25) is 0 Å². The summed E-state index contributed by atoms with van der Waals surface area (Å²) >= 11 is 7.87. The van der Waals surface area contributed by atoms with Gasteiger partial charge in [-0.3, -0.25) is 0 Å². The summed E-state index contributed by atoms with van der Waals surface area (Å²) in [5, 5.41) is 6.95. The summed E-state index contributed by atoms with van der Waals surface area (Å²) < 4.78 is 5.50. The second-order valence-electron chi connectivity index (χ2n) is 6.70. The minimum Gasteiger partial charge on any atom is -0.377 e. The quantitative estimate of drug-likeness (QED) is 0.415. The first-order chi connectivity index (χ1) is 15.0. The van der Waals surface area contributed by atoms with Crippen LogP contribution in [-0.2, 0) is 4.74 Å². The lowest BCUT2D eigenvalue weighted by Crippen LogP contribution is -2.21. The number of halogens is 1. The van der Waals surface area contributed by atoms with Crippen LogP contribution in [0.5, 0.6) is 0 Å². The number of fused-ring (bicyclic) bond motifs is 1. The highest BCUT2D eigenvalue weighted by Crippen LogP contribution is 2.34. The van der Waals surface area contributed by atoms with Gasteiger partial charge in [0.25, 0.3) is 0 Å². The van der Waals surface area contributed by atoms with Crippen LogP contribution in [0.25, 0.3) is 21.7 Å². The number of benzene rings is 1. The Bertz CT molecular complexity index is 1250. The largest absolute Gasteiger partial charge is 0.377 e. The molecule has 3 aromatic heterocycles. The number of carbonyl (C=O) groups is 1. The number of hydrogen-bond acceptors (Lipinski definition) is 7. The molecule has 1 aromatic carbocycles. The highest BCUT2D eigenvalue weighted by atomic mass is 35.5. The zero-order valence-corrected chi connectivity index (χ0v) is 18.6. The predicted molar refractivity (Wildman–Crippen MR) is 123 cm³/mol. The van der Waals surface area contributed by atoms with Gasteiger partial charge in [-0.15, -0.1) is 0 Å². The SMILES string of the molecule is CO[C@H](C)c1c(NC(=O)Nc2ccc(-c3ncccn3)c(Cl)c2)cnc2sc(C)nc12. The van der Waals surface area contributed by atoms with Crippen LogP contribution >= 0.6 is 22.9 Å².